The molecule has 92 valence electrons. The number of carbonyl (C=O) groups excluding carboxylic acids is 1. The van der Waals surface area contributed by atoms with Crippen molar-refractivity contribution >= 4 is 24.0 Å². The smallest absolute Gasteiger partial charge is 0.332 e. The molecule has 1 saturated carbocycles. The van der Waals surface area contributed by atoms with Crippen LogP contribution in [0.15, 0.2) is 0 Å². The number of amidine groups is 1. The van der Waals surface area contributed by atoms with E-state index in [1.165, 1.54) is 19.1 Å². The van der Waals surface area contributed by atoms with E-state index in [0.29, 0.717) is 5.25 Å². The molecule has 16 heavy (non-hydrogen) atoms. The highest BCUT2D eigenvalue weighted by atomic mass is 32.2. The lowest BCUT2D eigenvalue weighted by molar-refractivity contribution is 0.247. The van der Waals surface area contributed by atoms with Gasteiger partial charge in [0.05, 0.1) is 7.11 Å². The van der Waals surface area contributed by atoms with Gasteiger partial charge in [-0.15, -0.1) is 0 Å². The van der Waals surface area contributed by atoms with Gasteiger partial charge in [-0.1, -0.05) is 13.8 Å². The van der Waals surface area contributed by atoms with E-state index >= 15 is 0 Å². The number of hydrogen-bond donors (Lipinski definition) is 3. The lowest BCUT2D eigenvalue weighted by atomic mass is 10.0. The van der Waals surface area contributed by atoms with Crippen molar-refractivity contribution in [1.29, 1.82) is 5.41 Å². The second-order valence-corrected chi connectivity index (χ2v) is 5.36. The highest BCUT2D eigenvalue weighted by Crippen LogP contribution is 2.36. The zero-order valence-electron chi connectivity index (χ0n) is 9.87. The van der Waals surface area contributed by atoms with E-state index in [2.05, 4.69) is 28.6 Å². The molecule has 0 aromatic carbocycles. The Balaban J connectivity index is 2.20. The van der Waals surface area contributed by atoms with Crippen LogP contribution in [0.1, 0.15) is 26.7 Å². The van der Waals surface area contributed by atoms with Gasteiger partial charge in [-0.3, -0.25) is 15.4 Å². The number of carbonyl (C=O) groups is 1. The molecule has 0 aromatic heterocycles. The summed E-state index contributed by atoms with van der Waals surface area (Å²) in [6.07, 6.45) is 2.27. The van der Waals surface area contributed by atoms with Gasteiger partial charge >= 0.3 is 6.03 Å². The first kappa shape index (κ1) is 13.2. The second-order valence-electron chi connectivity index (χ2n) is 4.26. The summed E-state index contributed by atoms with van der Waals surface area (Å²) in [7, 11) is 1.34. The number of rotatable bonds is 2. The number of amides is 2. The molecule has 1 rings (SSSR count). The number of nitrogens with one attached hydrogen (secondary N) is 3. The van der Waals surface area contributed by atoms with Crippen LogP contribution in [-0.4, -0.2) is 24.4 Å². The summed E-state index contributed by atoms with van der Waals surface area (Å²) in [5, 5.41) is 9.86. The van der Waals surface area contributed by atoms with E-state index in [9.17, 15) is 4.79 Å². The zero-order valence-corrected chi connectivity index (χ0v) is 10.7. The third-order valence-corrected chi connectivity index (χ3v) is 4.01. The Morgan fingerprint density at radius 2 is 1.94 bits per heavy atom. The predicted molar refractivity (Wildman–Crippen MR) is 65.3 cm³/mol. The Hall–Kier alpha value is -0.910. The molecule has 0 bridgehead atoms. The molecule has 0 heterocycles. The number of methoxy groups -OCH3 is 1. The average Bonchev–Trinajstić information content (AvgIpc) is 2.55. The van der Waals surface area contributed by atoms with Crippen LogP contribution in [0.5, 0.6) is 0 Å². The van der Waals surface area contributed by atoms with Crippen LogP contribution >= 0.6 is 11.9 Å². The molecule has 6 heteroatoms. The van der Waals surface area contributed by atoms with Crippen molar-refractivity contribution in [2.24, 2.45) is 11.8 Å². The molecule has 0 aromatic rings. The van der Waals surface area contributed by atoms with Gasteiger partial charge in [0.15, 0.2) is 0 Å². The first-order valence-corrected chi connectivity index (χ1v) is 6.26. The number of ether oxygens (including phenoxy) is 1. The molecule has 1 aliphatic carbocycles. The molecule has 0 aliphatic heterocycles. The van der Waals surface area contributed by atoms with Gasteiger partial charge in [-0.25, -0.2) is 4.79 Å². The summed E-state index contributed by atoms with van der Waals surface area (Å²) in [6, 6.07) is -0.643. The molecule has 2 amide bonds. The third-order valence-electron chi connectivity index (χ3n) is 2.99. The van der Waals surface area contributed by atoms with E-state index in [4.69, 9.17) is 5.41 Å². The Morgan fingerprint density at radius 1 is 1.38 bits per heavy atom. The number of urea groups is 1. The maximum absolute atomic E-state index is 11.3. The van der Waals surface area contributed by atoms with Crippen LogP contribution in [0, 0.1) is 17.2 Å². The van der Waals surface area contributed by atoms with Crippen LogP contribution < -0.4 is 10.0 Å². The quantitative estimate of drug-likeness (QED) is 0.395. The minimum absolute atomic E-state index is 0.244. The molecule has 5 nitrogen and oxygen atoms in total. The molecule has 0 spiro atoms. The molecule has 1 fully saturated rings. The summed E-state index contributed by atoms with van der Waals surface area (Å²) in [6.45, 7) is 4.48. The van der Waals surface area contributed by atoms with Crippen LogP contribution in [-0.2, 0) is 4.74 Å². The summed E-state index contributed by atoms with van der Waals surface area (Å²) in [5.74, 6) is 1.44. The van der Waals surface area contributed by atoms with E-state index in [0.717, 1.165) is 24.7 Å². The second kappa shape index (κ2) is 5.98. The molecule has 2 atom stereocenters. The Labute approximate surface area is 100 Å². The Bertz CT molecular complexity index is 263. The van der Waals surface area contributed by atoms with Crippen LogP contribution in [0.2, 0.25) is 0 Å². The monoisotopic (exact) mass is 245 g/mol. The Morgan fingerprint density at radius 3 is 2.44 bits per heavy atom. The van der Waals surface area contributed by atoms with Gasteiger partial charge in [-0.05, 0) is 36.6 Å². The van der Waals surface area contributed by atoms with Crippen molar-refractivity contribution in [3.8, 4) is 0 Å². The van der Waals surface area contributed by atoms with Gasteiger partial charge in [0.25, 0.3) is 6.02 Å². The fraction of sp³-hybridized carbons (Fsp3) is 0.800. The summed E-state index contributed by atoms with van der Waals surface area (Å²) < 4.78 is 7.21. The van der Waals surface area contributed by atoms with Crippen LogP contribution in [0.4, 0.5) is 4.79 Å². The maximum atomic E-state index is 11.3. The fourth-order valence-corrected chi connectivity index (χ4v) is 2.93. The van der Waals surface area contributed by atoms with Crippen molar-refractivity contribution in [2.45, 2.75) is 31.9 Å². The van der Waals surface area contributed by atoms with Crippen molar-refractivity contribution in [1.82, 2.24) is 10.0 Å². The molecule has 0 saturated heterocycles. The number of hydrogen-bond acceptors (Lipinski definition) is 4. The highest BCUT2D eigenvalue weighted by molar-refractivity contribution is 7.98. The topological polar surface area (TPSA) is 74.2 Å². The zero-order chi connectivity index (χ0) is 12.1. The van der Waals surface area contributed by atoms with Crippen molar-refractivity contribution in [2.75, 3.05) is 7.11 Å². The van der Waals surface area contributed by atoms with Gasteiger partial charge in [0.1, 0.15) is 0 Å². The normalized spacial score (nSPS) is 28.6. The molecule has 0 radical (unpaired) electrons. The van der Waals surface area contributed by atoms with Gasteiger partial charge in [-0.2, -0.15) is 0 Å². The molecular weight excluding hydrogens is 226 g/mol. The van der Waals surface area contributed by atoms with Crippen molar-refractivity contribution in [3.05, 3.63) is 0 Å². The largest absolute Gasteiger partial charge is 0.468 e. The molecule has 3 N–H and O–H groups in total. The van der Waals surface area contributed by atoms with Gasteiger partial charge in [0.2, 0.25) is 0 Å². The van der Waals surface area contributed by atoms with Crippen molar-refractivity contribution in [3.63, 3.8) is 0 Å². The predicted octanol–water partition coefficient (Wildman–Crippen LogP) is 1.95. The SMILES string of the molecule is COC(=N)NC(=O)NSC1CC(C)C(C)C1. The van der Waals surface area contributed by atoms with Crippen LogP contribution in [0.25, 0.3) is 0 Å². The van der Waals surface area contributed by atoms with Crippen LogP contribution in [0.3, 0.4) is 0 Å². The van der Waals surface area contributed by atoms with Crippen molar-refractivity contribution < 1.29 is 9.53 Å². The minimum Gasteiger partial charge on any atom is -0.468 e. The first-order valence-electron chi connectivity index (χ1n) is 5.38. The highest BCUT2D eigenvalue weighted by Gasteiger charge is 2.28. The van der Waals surface area contributed by atoms with E-state index < -0.39 is 6.03 Å². The van der Waals surface area contributed by atoms with E-state index in [-0.39, 0.29) is 6.02 Å². The standard InChI is InChI=1S/C10H19N3O2S/c1-6-4-8(5-7(6)2)16-13-10(14)12-9(11)15-3/h6-8H,4-5H2,1-3H3,(H3,11,12,13,14). The maximum Gasteiger partial charge on any atom is 0.332 e. The van der Waals surface area contributed by atoms with E-state index in [1.54, 1.807) is 0 Å². The summed E-state index contributed by atoms with van der Waals surface area (Å²) in [5.41, 5.74) is 0. The van der Waals surface area contributed by atoms with Gasteiger partial charge in [0, 0.05) is 5.25 Å². The molecule has 2 unspecified atom stereocenters. The first-order chi connectivity index (χ1) is 7.52. The average molecular weight is 245 g/mol. The molecule has 1 aliphatic rings. The third kappa shape index (κ3) is 3.92. The Kier molecular flexibility index (Phi) is 4.92. The minimum atomic E-state index is -0.399. The summed E-state index contributed by atoms with van der Waals surface area (Å²) in [4.78, 5) is 11.3. The molecular formula is C10H19N3O2S. The summed E-state index contributed by atoms with van der Waals surface area (Å²) >= 11 is 1.44. The van der Waals surface area contributed by atoms with Gasteiger partial charge < -0.3 is 4.74 Å². The lowest BCUT2D eigenvalue weighted by Crippen LogP contribution is -2.37. The van der Waals surface area contributed by atoms with E-state index in [1.807, 2.05) is 0 Å². The lowest BCUT2D eigenvalue weighted by Gasteiger charge is -2.10. The fourth-order valence-electron chi connectivity index (χ4n) is 1.80.